The van der Waals surface area contributed by atoms with Gasteiger partial charge < -0.3 is 15.5 Å². The second-order valence-corrected chi connectivity index (χ2v) is 4.98. The molecule has 0 heterocycles. The zero-order valence-corrected chi connectivity index (χ0v) is 11.9. The van der Waals surface area contributed by atoms with E-state index in [0.717, 1.165) is 44.4 Å². The molecule has 0 aliphatic rings. The molecule has 0 saturated carbocycles. The quantitative estimate of drug-likeness (QED) is 0.615. The molecule has 6 heteroatoms. The number of rotatable bonds is 9. The summed E-state index contributed by atoms with van der Waals surface area (Å²) >= 11 is 0. The minimum absolute atomic E-state index is 0.208. The van der Waals surface area contributed by atoms with Gasteiger partial charge in [-0.2, -0.15) is 13.2 Å². The molecule has 0 amide bonds. The molecule has 0 fully saturated rings. The number of alkyl halides is 3. The van der Waals surface area contributed by atoms with Crippen molar-refractivity contribution in [3.8, 4) is 0 Å². The van der Waals surface area contributed by atoms with Gasteiger partial charge in [0, 0.05) is 13.2 Å². The smallest absolute Gasteiger partial charge is 0.396 e. The fourth-order valence-electron chi connectivity index (χ4n) is 1.97. The van der Waals surface area contributed by atoms with Crippen LogP contribution in [0.1, 0.15) is 42.9 Å². The Kier molecular flexibility index (Phi) is 7.71. The molecule has 3 nitrogen and oxygen atoms in total. The van der Waals surface area contributed by atoms with E-state index in [0.29, 0.717) is 12.1 Å². The molecular formula is C15H22F3NO2. The first kappa shape index (κ1) is 17.9. The van der Waals surface area contributed by atoms with Gasteiger partial charge in [0.05, 0.1) is 11.7 Å². The fraction of sp³-hybridized carbons (Fsp3) is 0.600. The molecule has 0 aliphatic carbocycles. The Hall–Kier alpha value is -1.11. The predicted molar refractivity (Wildman–Crippen MR) is 74.8 cm³/mol. The van der Waals surface area contributed by atoms with Crippen molar-refractivity contribution in [3.05, 3.63) is 35.4 Å². The molecule has 0 saturated heterocycles. The Bertz CT molecular complexity index is 393. The summed E-state index contributed by atoms with van der Waals surface area (Å²) in [5.74, 6) is 0. The highest BCUT2D eigenvalue weighted by Crippen LogP contribution is 2.29. The highest BCUT2D eigenvalue weighted by atomic mass is 19.4. The largest absolute Gasteiger partial charge is 0.416 e. The van der Waals surface area contributed by atoms with Gasteiger partial charge in [0.25, 0.3) is 0 Å². The number of benzene rings is 1. The first-order chi connectivity index (χ1) is 9.95. The normalized spacial score (nSPS) is 13.4. The molecule has 0 bridgehead atoms. The van der Waals surface area contributed by atoms with Gasteiger partial charge in [0.2, 0.25) is 0 Å². The van der Waals surface area contributed by atoms with Gasteiger partial charge in [0.15, 0.2) is 0 Å². The first-order valence-electron chi connectivity index (χ1n) is 7.12. The van der Waals surface area contributed by atoms with Crippen molar-refractivity contribution in [1.82, 2.24) is 5.32 Å². The molecule has 1 atom stereocenters. The summed E-state index contributed by atoms with van der Waals surface area (Å²) in [6.45, 7) is 1.26. The maximum absolute atomic E-state index is 12.4. The van der Waals surface area contributed by atoms with Crippen LogP contribution in [0.25, 0.3) is 0 Å². The lowest BCUT2D eigenvalue weighted by Gasteiger charge is -2.13. The number of aliphatic hydroxyl groups is 2. The second-order valence-electron chi connectivity index (χ2n) is 4.98. The lowest BCUT2D eigenvalue weighted by molar-refractivity contribution is -0.137. The Morgan fingerprint density at radius 3 is 2.19 bits per heavy atom. The zero-order chi connectivity index (χ0) is 15.7. The van der Waals surface area contributed by atoms with Crippen molar-refractivity contribution in [2.45, 2.75) is 38.0 Å². The molecule has 1 rings (SSSR count). The average Bonchev–Trinajstić information content (AvgIpc) is 2.45. The summed E-state index contributed by atoms with van der Waals surface area (Å²) < 4.78 is 37.2. The SMILES string of the molecule is OCCCCCCNCC(O)c1ccc(C(F)(F)F)cc1. The molecule has 0 aliphatic heterocycles. The van der Waals surface area contributed by atoms with Gasteiger partial charge in [-0.15, -0.1) is 0 Å². The third-order valence-electron chi connectivity index (χ3n) is 3.22. The van der Waals surface area contributed by atoms with Crippen LogP contribution in [0.3, 0.4) is 0 Å². The van der Waals surface area contributed by atoms with Crippen molar-refractivity contribution < 1.29 is 23.4 Å². The van der Waals surface area contributed by atoms with Crippen LogP contribution in [0.2, 0.25) is 0 Å². The van der Waals surface area contributed by atoms with Crippen LogP contribution in [-0.4, -0.2) is 29.9 Å². The maximum atomic E-state index is 12.4. The van der Waals surface area contributed by atoms with Crippen LogP contribution in [0.5, 0.6) is 0 Å². The Morgan fingerprint density at radius 1 is 1.00 bits per heavy atom. The third kappa shape index (κ3) is 6.93. The molecule has 0 spiro atoms. The summed E-state index contributed by atoms with van der Waals surface area (Å²) in [6, 6.07) is 4.56. The van der Waals surface area contributed by atoms with Crippen LogP contribution in [0.15, 0.2) is 24.3 Å². The standard InChI is InChI=1S/C15H22F3NO2/c16-15(17,18)13-7-5-12(6-8-13)14(21)11-19-9-3-1-2-4-10-20/h5-8,14,19-21H,1-4,9-11H2. The number of unbranched alkanes of at least 4 members (excludes halogenated alkanes) is 3. The number of aliphatic hydroxyl groups excluding tert-OH is 2. The molecule has 1 unspecified atom stereocenters. The monoisotopic (exact) mass is 305 g/mol. The Morgan fingerprint density at radius 2 is 1.62 bits per heavy atom. The lowest BCUT2D eigenvalue weighted by Crippen LogP contribution is -2.22. The van der Waals surface area contributed by atoms with Gasteiger partial charge in [0.1, 0.15) is 0 Å². The molecule has 0 radical (unpaired) electrons. The first-order valence-corrected chi connectivity index (χ1v) is 7.12. The summed E-state index contributed by atoms with van der Waals surface area (Å²) in [6.07, 6.45) is -1.45. The Balaban J connectivity index is 2.27. The van der Waals surface area contributed by atoms with E-state index >= 15 is 0 Å². The van der Waals surface area contributed by atoms with Crippen molar-refractivity contribution >= 4 is 0 Å². The molecule has 21 heavy (non-hydrogen) atoms. The van der Waals surface area contributed by atoms with E-state index in [9.17, 15) is 18.3 Å². The maximum Gasteiger partial charge on any atom is 0.416 e. The van der Waals surface area contributed by atoms with Crippen LogP contribution >= 0.6 is 0 Å². The summed E-state index contributed by atoms with van der Waals surface area (Å²) in [5.41, 5.74) is -0.244. The molecule has 3 N–H and O–H groups in total. The van der Waals surface area contributed by atoms with Gasteiger partial charge in [-0.1, -0.05) is 25.0 Å². The molecular weight excluding hydrogens is 283 g/mol. The van der Waals surface area contributed by atoms with E-state index in [4.69, 9.17) is 5.11 Å². The third-order valence-corrected chi connectivity index (χ3v) is 3.22. The topological polar surface area (TPSA) is 52.5 Å². The van der Waals surface area contributed by atoms with Crippen molar-refractivity contribution in [3.63, 3.8) is 0 Å². The van der Waals surface area contributed by atoms with Crippen LogP contribution in [0, 0.1) is 0 Å². The summed E-state index contributed by atoms with van der Waals surface area (Å²) in [5, 5.41) is 21.6. The fourth-order valence-corrected chi connectivity index (χ4v) is 1.97. The summed E-state index contributed by atoms with van der Waals surface area (Å²) in [7, 11) is 0. The molecule has 0 aromatic heterocycles. The zero-order valence-electron chi connectivity index (χ0n) is 11.9. The van der Waals surface area contributed by atoms with Gasteiger partial charge in [-0.3, -0.25) is 0 Å². The highest BCUT2D eigenvalue weighted by Gasteiger charge is 2.30. The Labute approximate surface area is 122 Å². The van der Waals surface area contributed by atoms with E-state index in [1.807, 2.05) is 0 Å². The number of hydrogen-bond donors (Lipinski definition) is 3. The average molecular weight is 305 g/mol. The van der Waals surface area contributed by atoms with E-state index in [1.165, 1.54) is 12.1 Å². The molecule has 120 valence electrons. The van der Waals surface area contributed by atoms with E-state index < -0.39 is 17.8 Å². The number of hydrogen-bond acceptors (Lipinski definition) is 3. The minimum Gasteiger partial charge on any atom is -0.396 e. The minimum atomic E-state index is -4.35. The second kappa shape index (κ2) is 9.02. The van der Waals surface area contributed by atoms with E-state index in [1.54, 1.807) is 0 Å². The van der Waals surface area contributed by atoms with Crippen molar-refractivity contribution in [2.75, 3.05) is 19.7 Å². The van der Waals surface area contributed by atoms with Crippen LogP contribution in [-0.2, 0) is 6.18 Å². The van der Waals surface area contributed by atoms with Gasteiger partial charge in [-0.25, -0.2) is 0 Å². The number of halogens is 3. The van der Waals surface area contributed by atoms with Gasteiger partial charge >= 0.3 is 6.18 Å². The van der Waals surface area contributed by atoms with E-state index in [-0.39, 0.29) is 6.61 Å². The van der Waals surface area contributed by atoms with Crippen LogP contribution in [0.4, 0.5) is 13.2 Å². The van der Waals surface area contributed by atoms with Crippen molar-refractivity contribution in [2.24, 2.45) is 0 Å². The van der Waals surface area contributed by atoms with Crippen LogP contribution < -0.4 is 5.32 Å². The van der Waals surface area contributed by atoms with E-state index in [2.05, 4.69) is 5.32 Å². The van der Waals surface area contributed by atoms with Gasteiger partial charge in [-0.05, 0) is 37.1 Å². The molecule has 1 aromatic rings. The molecule has 1 aromatic carbocycles. The number of nitrogens with one attached hydrogen (secondary N) is 1. The summed E-state index contributed by atoms with van der Waals surface area (Å²) in [4.78, 5) is 0. The highest BCUT2D eigenvalue weighted by molar-refractivity contribution is 5.26. The lowest BCUT2D eigenvalue weighted by atomic mass is 10.1. The predicted octanol–water partition coefficient (Wildman–Crippen LogP) is 2.88. The van der Waals surface area contributed by atoms with Crippen molar-refractivity contribution in [1.29, 1.82) is 0 Å².